The molecule has 11 aromatic rings. The van der Waals surface area contributed by atoms with Crippen LogP contribution in [0, 0.1) is 0 Å². The number of para-hydroxylation sites is 2. The van der Waals surface area contributed by atoms with E-state index in [0.29, 0.717) is 17.5 Å². The van der Waals surface area contributed by atoms with Gasteiger partial charge in [-0.15, -0.1) is 0 Å². The molecule has 246 valence electrons. The number of rotatable bonds is 4. The van der Waals surface area contributed by atoms with Gasteiger partial charge in [0.05, 0.1) is 22.3 Å². The van der Waals surface area contributed by atoms with Crippen LogP contribution in [-0.4, -0.2) is 19.5 Å². The molecule has 0 N–H and O–H groups in total. The van der Waals surface area contributed by atoms with Crippen LogP contribution in [0.15, 0.2) is 182 Å². The molecule has 0 atom stereocenters. The highest BCUT2D eigenvalue weighted by atomic mass is 15.1. The Balaban J connectivity index is 1.21. The highest BCUT2D eigenvalue weighted by Gasteiger charge is 2.21. The summed E-state index contributed by atoms with van der Waals surface area (Å²) in [5, 5.41) is 11.9. The van der Waals surface area contributed by atoms with Crippen LogP contribution in [-0.2, 0) is 0 Å². The van der Waals surface area contributed by atoms with Crippen LogP contribution in [0.2, 0.25) is 0 Å². The first-order valence-corrected chi connectivity index (χ1v) is 18.0. The second-order valence-corrected chi connectivity index (χ2v) is 13.6. The van der Waals surface area contributed by atoms with Crippen molar-refractivity contribution in [2.75, 3.05) is 0 Å². The van der Waals surface area contributed by atoms with E-state index in [9.17, 15) is 0 Å². The van der Waals surface area contributed by atoms with Gasteiger partial charge in [-0.1, -0.05) is 158 Å². The summed E-state index contributed by atoms with van der Waals surface area (Å²) < 4.78 is 2.37. The van der Waals surface area contributed by atoms with E-state index in [1.807, 2.05) is 18.2 Å². The van der Waals surface area contributed by atoms with E-state index < -0.39 is 0 Å². The molecule has 0 aliphatic carbocycles. The van der Waals surface area contributed by atoms with Crippen molar-refractivity contribution < 1.29 is 0 Å². The molecule has 0 saturated carbocycles. The number of aromatic nitrogens is 4. The highest BCUT2D eigenvalue weighted by molar-refractivity contribution is 6.18. The van der Waals surface area contributed by atoms with E-state index in [4.69, 9.17) is 15.0 Å². The van der Waals surface area contributed by atoms with Crippen molar-refractivity contribution in [3.05, 3.63) is 182 Å². The van der Waals surface area contributed by atoms with Crippen molar-refractivity contribution >= 4 is 64.9 Å². The lowest BCUT2D eigenvalue weighted by molar-refractivity contribution is 1.07. The van der Waals surface area contributed by atoms with Gasteiger partial charge in [-0.3, -0.25) is 0 Å². The maximum atomic E-state index is 5.38. The summed E-state index contributed by atoms with van der Waals surface area (Å²) in [7, 11) is 0. The fraction of sp³-hybridized carbons (Fsp3) is 0. The van der Waals surface area contributed by atoms with E-state index in [1.165, 1.54) is 43.1 Å². The Hall–Kier alpha value is -7.17. The zero-order valence-corrected chi connectivity index (χ0v) is 28.6. The minimum absolute atomic E-state index is 0.631. The average Bonchev–Trinajstić information content (AvgIpc) is 3.57. The molecule has 0 unspecified atom stereocenters. The summed E-state index contributed by atoms with van der Waals surface area (Å²) in [5.41, 5.74) is 6.14. The number of hydrogen-bond donors (Lipinski definition) is 0. The number of benzene rings is 9. The van der Waals surface area contributed by atoms with Crippen molar-refractivity contribution in [3.63, 3.8) is 0 Å². The zero-order valence-electron chi connectivity index (χ0n) is 28.6. The fourth-order valence-electron chi connectivity index (χ4n) is 8.15. The summed E-state index contributed by atoms with van der Waals surface area (Å²) in [6.45, 7) is 0. The topological polar surface area (TPSA) is 43.6 Å². The summed E-state index contributed by atoms with van der Waals surface area (Å²) in [6, 6.07) is 64.5. The van der Waals surface area contributed by atoms with E-state index in [0.717, 1.165) is 44.2 Å². The monoisotopic (exact) mass is 674 g/mol. The van der Waals surface area contributed by atoms with Crippen molar-refractivity contribution in [1.82, 2.24) is 19.5 Å². The molecule has 2 aromatic heterocycles. The molecule has 4 nitrogen and oxygen atoms in total. The van der Waals surface area contributed by atoms with Gasteiger partial charge in [-0.05, 0) is 67.4 Å². The number of fused-ring (bicyclic) bond motifs is 9. The van der Waals surface area contributed by atoms with Crippen molar-refractivity contribution in [3.8, 4) is 39.9 Å². The van der Waals surface area contributed by atoms with Gasteiger partial charge in [-0.25, -0.2) is 15.0 Å². The number of nitrogens with zero attached hydrogens (tertiary/aromatic N) is 4. The normalized spacial score (nSPS) is 11.8. The van der Waals surface area contributed by atoms with Crippen LogP contribution in [0.25, 0.3) is 105 Å². The quantitative estimate of drug-likeness (QED) is 0.175. The SMILES string of the molecule is c1ccc(-c2nc(-c3ccc4ccc5c6ccccc6ccc5c4c3)nc(-c3c(-n4c5ccccc5c5ccccc54)ccc4ccccc34)n2)cc1. The van der Waals surface area contributed by atoms with Gasteiger partial charge in [0.1, 0.15) is 0 Å². The second-order valence-electron chi connectivity index (χ2n) is 13.6. The fourth-order valence-corrected chi connectivity index (χ4v) is 8.15. The van der Waals surface area contributed by atoms with Crippen molar-refractivity contribution in [2.24, 2.45) is 0 Å². The Morgan fingerprint density at radius 2 is 0.792 bits per heavy atom. The molecule has 9 aromatic carbocycles. The Morgan fingerprint density at radius 1 is 0.302 bits per heavy atom. The maximum Gasteiger partial charge on any atom is 0.166 e. The van der Waals surface area contributed by atoms with E-state index >= 15 is 0 Å². The average molecular weight is 675 g/mol. The maximum absolute atomic E-state index is 5.38. The van der Waals surface area contributed by atoms with Crippen LogP contribution in [0.5, 0.6) is 0 Å². The van der Waals surface area contributed by atoms with Crippen LogP contribution in [0.3, 0.4) is 0 Å². The highest BCUT2D eigenvalue weighted by Crippen LogP contribution is 2.40. The number of hydrogen-bond acceptors (Lipinski definition) is 3. The minimum Gasteiger partial charge on any atom is -0.308 e. The largest absolute Gasteiger partial charge is 0.308 e. The third-order valence-corrected chi connectivity index (χ3v) is 10.6. The van der Waals surface area contributed by atoms with Crippen LogP contribution < -0.4 is 0 Å². The van der Waals surface area contributed by atoms with Gasteiger partial charge in [0.15, 0.2) is 17.5 Å². The molecule has 0 spiro atoms. The molecule has 11 rings (SSSR count). The summed E-state index contributed by atoms with van der Waals surface area (Å²) in [5.74, 6) is 1.90. The molecule has 0 saturated heterocycles. The molecule has 2 heterocycles. The molecule has 0 amide bonds. The Labute approximate surface area is 305 Å². The lowest BCUT2D eigenvalue weighted by Gasteiger charge is -2.17. The van der Waals surface area contributed by atoms with E-state index in [-0.39, 0.29) is 0 Å². The first-order chi connectivity index (χ1) is 26.3. The smallest absolute Gasteiger partial charge is 0.166 e. The van der Waals surface area contributed by atoms with Gasteiger partial charge >= 0.3 is 0 Å². The minimum atomic E-state index is 0.631. The first-order valence-electron chi connectivity index (χ1n) is 18.0. The third kappa shape index (κ3) is 4.66. The van der Waals surface area contributed by atoms with Crippen LogP contribution >= 0.6 is 0 Å². The van der Waals surface area contributed by atoms with E-state index in [1.54, 1.807) is 0 Å². The first kappa shape index (κ1) is 29.5. The van der Waals surface area contributed by atoms with Crippen LogP contribution in [0.1, 0.15) is 0 Å². The molecule has 0 radical (unpaired) electrons. The molecule has 0 bridgehead atoms. The molecular weight excluding hydrogens is 645 g/mol. The Kier molecular flexibility index (Phi) is 6.52. The van der Waals surface area contributed by atoms with Gasteiger partial charge in [0, 0.05) is 21.9 Å². The predicted molar refractivity (Wildman–Crippen MR) is 220 cm³/mol. The molecule has 0 aliphatic rings. The summed E-state index contributed by atoms with van der Waals surface area (Å²) in [6.07, 6.45) is 0. The lowest BCUT2D eigenvalue weighted by atomic mass is 9.96. The molecule has 0 fully saturated rings. The molecule has 0 aliphatic heterocycles. The standard InChI is InChI=1S/C49H30N4/c1-2-14-34(15-3-1)47-50-48(35-23-22-33-25-27-38-36-16-6-4-12-31(36)24-28-39(38)42(33)30-35)52-49(51-47)46-37-17-7-5-13-32(37)26-29-45(46)53-43-20-10-8-18-40(43)41-19-9-11-21-44(41)53/h1-30H. The lowest BCUT2D eigenvalue weighted by Crippen LogP contribution is -2.04. The molecule has 4 heteroatoms. The van der Waals surface area contributed by atoms with Crippen molar-refractivity contribution in [2.45, 2.75) is 0 Å². The van der Waals surface area contributed by atoms with Crippen molar-refractivity contribution in [1.29, 1.82) is 0 Å². The second kappa shape index (κ2) is 11.7. The molecular formula is C49H30N4. The van der Waals surface area contributed by atoms with Gasteiger partial charge in [-0.2, -0.15) is 0 Å². The summed E-state index contributed by atoms with van der Waals surface area (Å²) >= 11 is 0. The Morgan fingerprint density at radius 3 is 1.51 bits per heavy atom. The molecule has 53 heavy (non-hydrogen) atoms. The summed E-state index contributed by atoms with van der Waals surface area (Å²) in [4.78, 5) is 15.9. The van der Waals surface area contributed by atoms with E-state index in [2.05, 4.69) is 168 Å². The van der Waals surface area contributed by atoms with Gasteiger partial charge in [0.25, 0.3) is 0 Å². The third-order valence-electron chi connectivity index (χ3n) is 10.6. The van der Waals surface area contributed by atoms with Gasteiger partial charge < -0.3 is 4.57 Å². The van der Waals surface area contributed by atoms with Gasteiger partial charge in [0.2, 0.25) is 0 Å². The Bertz CT molecular complexity index is 3180. The van der Waals surface area contributed by atoms with Crippen LogP contribution in [0.4, 0.5) is 0 Å². The predicted octanol–water partition coefficient (Wildman–Crippen LogP) is 12.6. The zero-order chi connectivity index (χ0) is 34.9.